The van der Waals surface area contributed by atoms with Crippen LogP contribution < -0.4 is 10.3 Å². The SMILES string of the molecule is CC(=O)c1ccc(N2C(=O)c3oc4ccccc4c(=O)c3C2c2ccc(Cl)cc2)cc1. The Hall–Kier alpha value is -3.70. The van der Waals surface area contributed by atoms with Gasteiger partial charge in [-0.1, -0.05) is 35.9 Å². The molecule has 0 fully saturated rings. The number of nitrogens with zero attached hydrogens (tertiary/aromatic N) is 1. The van der Waals surface area contributed by atoms with Crippen LogP contribution in [0.2, 0.25) is 5.02 Å². The van der Waals surface area contributed by atoms with Gasteiger partial charge in [-0.25, -0.2) is 0 Å². The highest BCUT2D eigenvalue weighted by Gasteiger charge is 2.43. The Morgan fingerprint density at radius 2 is 1.61 bits per heavy atom. The average Bonchev–Trinajstić information content (AvgIpc) is 3.07. The van der Waals surface area contributed by atoms with Crippen LogP contribution in [0.4, 0.5) is 5.69 Å². The van der Waals surface area contributed by atoms with E-state index < -0.39 is 11.9 Å². The lowest BCUT2D eigenvalue weighted by Crippen LogP contribution is -2.29. The summed E-state index contributed by atoms with van der Waals surface area (Å²) in [4.78, 5) is 40.1. The van der Waals surface area contributed by atoms with Crippen molar-refractivity contribution in [2.45, 2.75) is 13.0 Å². The first-order valence-electron chi connectivity index (χ1n) is 9.71. The van der Waals surface area contributed by atoms with E-state index in [0.29, 0.717) is 32.8 Å². The summed E-state index contributed by atoms with van der Waals surface area (Å²) >= 11 is 6.06. The molecule has 1 aliphatic rings. The van der Waals surface area contributed by atoms with Crippen molar-refractivity contribution >= 4 is 39.9 Å². The predicted molar refractivity (Wildman–Crippen MR) is 119 cm³/mol. The third-order valence-corrected chi connectivity index (χ3v) is 5.77. The molecule has 0 aliphatic carbocycles. The molecule has 31 heavy (non-hydrogen) atoms. The van der Waals surface area contributed by atoms with Gasteiger partial charge in [0.2, 0.25) is 5.76 Å². The molecule has 4 aromatic rings. The largest absolute Gasteiger partial charge is 0.450 e. The van der Waals surface area contributed by atoms with Crippen LogP contribution in [0.3, 0.4) is 0 Å². The molecule has 0 radical (unpaired) electrons. The van der Waals surface area contributed by atoms with E-state index in [1.54, 1.807) is 72.8 Å². The lowest BCUT2D eigenvalue weighted by Gasteiger charge is -2.25. The van der Waals surface area contributed by atoms with E-state index >= 15 is 0 Å². The van der Waals surface area contributed by atoms with Crippen LogP contribution in [-0.2, 0) is 0 Å². The molecule has 1 aliphatic heterocycles. The zero-order valence-corrected chi connectivity index (χ0v) is 17.2. The number of anilines is 1. The van der Waals surface area contributed by atoms with Crippen LogP contribution in [0, 0.1) is 0 Å². The number of amides is 1. The van der Waals surface area contributed by atoms with Crippen LogP contribution >= 0.6 is 11.6 Å². The van der Waals surface area contributed by atoms with Crippen LogP contribution in [0.5, 0.6) is 0 Å². The van der Waals surface area contributed by atoms with Gasteiger partial charge in [-0.3, -0.25) is 19.3 Å². The number of carbonyl (C=O) groups is 2. The molecule has 3 aromatic carbocycles. The maximum atomic E-state index is 13.5. The molecule has 1 atom stereocenters. The van der Waals surface area contributed by atoms with E-state index in [9.17, 15) is 14.4 Å². The molecule has 1 amide bonds. The van der Waals surface area contributed by atoms with Crippen molar-refractivity contribution in [3.63, 3.8) is 0 Å². The van der Waals surface area contributed by atoms with E-state index in [1.807, 2.05) is 0 Å². The minimum Gasteiger partial charge on any atom is -0.450 e. The maximum Gasteiger partial charge on any atom is 0.295 e. The topological polar surface area (TPSA) is 67.6 Å². The fraction of sp³-hybridized carbons (Fsp3) is 0.0800. The molecule has 0 N–H and O–H groups in total. The fourth-order valence-corrected chi connectivity index (χ4v) is 4.13. The van der Waals surface area contributed by atoms with Crippen molar-refractivity contribution in [3.05, 3.63) is 110 Å². The van der Waals surface area contributed by atoms with E-state index in [1.165, 1.54) is 11.8 Å². The Balaban J connectivity index is 1.77. The lowest BCUT2D eigenvalue weighted by atomic mass is 9.98. The molecule has 0 spiro atoms. The summed E-state index contributed by atoms with van der Waals surface area (Å²) in [7, 11) is 0. The quantitative estimate of drug-likeness (QED) is 0.409. The van der Waals surface area contributed by atoms with Crippen LogP contribution in [0.1, 0.15) is 45.0 Å². The van der Waals surface area contributed by atoms with E-state index in [2.05, 4.69) is 0 Å². The zero-order chi connectivity index (χ0) is 21.7. The first-order valence-corrected chi connectivity index (χ1v) is 10.1. The summed E-state index contributed by atoms with van der Waals surface area (Å²) in [6.07, 6.45) is 0. The molecule has 0 saturated heterocycles. The van der Waals surface area contributed by atoms with Gasteiger partial charge in [0.25, 0.3) is 5.91 Å². The Bertz CT molecular complexity index is 1400. The first kappa shape index (κ1) is 19.3. The van der Waals surface area contributed by atoms with Crippen molar-refractivity contribution in [3.8, 4) is 0 Å². The third-order valence-electron chi connectivity index (χ3n) is 5.52. The zero-order valence-electron chi connectivity index (χ0n) is 16.5. The predicted octanol–water partition coefficient (Wildman–Crippen LogP) is 5.40. The molecule has 2 heterocycles. The van der Waals surface area contributed by atoms with Crippen molar-refractivity contribution in [2.24, 2.45) is 0 Å². The normalized spacial score (nSPS) is 15.4. The lowest BCUT2D eigenvalue weighted by molar-refractivity contribution is 0.0970. The number of carbonyl (C=O) groups excluding carboxylic acids is 2. The summed E-state index contributed by atoms with van der Waals surface area (Å²) in [5.41, 5.74) is 2.24. The second-order valence-corrected chi connectivity index (χ2v) is 7.84. The number of fused-ring (bicyclic) bond motifs is 2. The molecule has 0 bridgehead atoms. The molecule has 1 unspecified atom stereocenters. The summed E-state index contributed by atoms with van der Waals surface area (Å²) < 4.78 is 5.92. The van der Waals surface area contributed by atoms with Gasteiger partial charge in [-0.15, -0.1) is 0 Å². The van der Waals surface area contributed by atoms with Crippen molar-refractivity contribution in [2.75, 3.05) is 4.90 Å². The monoisotopic (exact) mass is 429 g/mol. The van der Waals surface area contributed by atoms with Crippen LogP contribution in [0.25, 0.3) is 11.0 Å². The Morgan fingerprint density at radius 3 is 2.29 bits per heavy atom. The number of hydrogen-bond acceptors (Lipinski definition) is 4. The van der Waals surface area contributed by atoms with E-state index in [0.717, 1.165) is 5.56 Å². The van der Waals surface area contributed by atoms with Gasteiger partial charge < -0.3 is 4.42 Å². The standard InChI is InChI=1S/C25H16ClNO4/c1-14(28)15-8-12-18(13-9-15)27-22(16-6-10-17(26)11-7-16)21-23(29)19-4-2-3-5-20(19)31-24(21)25(27)30/h2-13,22H,1H3. The molecule has 5 rings (SSSR count). The van der Waals surface area contributed by atoms with Gasteiger partial charge in [0.1, 0.15) is 5.58 Å². The second-order valence-electron chi connectivity index (χ2n) is 7.40. The van der Waals surface area contributed by atoms with Gasteiger partial charge in [0, 0.05) is 16.3 Å². The summed E-state index contributed by atoms with van der Waals surface area (Å²) in [5, 5.41) is 0.970. The van der Waals surface area contributed by atoms with Gasteiger partial charge in [-0.05, 0) is 61.0 Å². The number of benzene rings is 3. The molecule has 152 valence electrons. The van der Waals surface area contributed by atoms with Crippen molar-refractivity contribution in [1.82, 2.24) is 0 Å². The molecule has 0 saturated carbocycles. The summed E-state index contributed by atoms with van der Waals surface area (Å²) in [6.45, 7) is 1.48. The van der Waals surface area contributed by atoms with Gasteiger partial charge in [-0.2, -0.15) is 0 Å². The highest BCUT2D eigenvalue weighted by atomic mass is 35.5. The van der Waals surface area contributed by atoms with Gasteiger partial charge in [0.05, 0.1) is 17.0 Å². The first-order chi connectivity index (χ1) is 15.0. The summed E-state index contributed by atoms with van der Waals surface area (Å²) in [6, 6.07) is 20.0. The Morgan fingerprint density at radius 1 is 0.935 bits per heavy atom. The summed E-state index contributed by atoms with van der Waals surface area (Å²) in [5.74, 6) is -0.451. The molecule has 6 heteroatoms. The smallest absolute Gasteiger partial charge is 0.295 e. The average molecular weight is 430 g/mol. The highest BCUT2D eigenvalue weighted by Crippen LogP contribution is 2.41. The molecule has 5 nitrogen and oxygen atoms in total. The maximum absolute atomic E-state index is 13.5. The Labute approximate surface area is 182 Å². The van der Waals surface area contributed by atoms with Crippen molar-refractivity contribution < 1.29 is 14.0 Å². The highest BCUT2D eigenvalue weighted by molar-refractivity contribution is 6.30. The Kier molecular flexibility index (Phi) is 4.49. The second kappa shape index (κ2) is 7.22. The number of halogens is 1. The van der Waals surface area contributed by atoms with Gasteiger partial charge >= 0.3 is 0 Å². The van der Waals surface area contributed by atoms with Crippen LogP contribution in [0.15, 0.2) is 82.0 Å². The van der Waals surface area contributed by atoms with E-state index in [4.69, 9.17) is 16.0 Å². The molecular weight excluding hydrogens is 414 g/mol. The van der Waals surface area contributed by atoms with Gasteiger partial charge in [0.15, 0.2) is 11.2 Å². The minimum atomic E-state index is -0.677. The number of ketones is 1. The minimum absolute atomic E-state index is 0.0271. The molecule has 1 aromatic heterocycles. The van der Waals surface area contributed by atoms with Crippen LogP contribution in [-0.4, -0.2) is 11.7 Å². The molecular formula is C25H16ClNO4. The number of para-hydroxylation sites is 1. The number of hydrogen-bond donors (Lipinski definition) is 0. The third kappa shape index (κ3) is 3.05. The number of rotatable bonds is 3. The number of Topliss-reactive ketones (excluding diaryl/α,β-unsaturated/α-hetero) is 1. The van der Waals surface area contributed by atoms with Crippen molar-refractivity contribution in [1.29, 1.82) is 0 Å². The van der Waals surface area contributed by atoms with E-state index in [-0.39, 0.29) is 17.0 Å². The fourth-order valence-electron chi connectivity index (χ4n) is 4.00.